The summed E-state index contributed by atoms with van der Waals surface area (Å²) in [5, 5.41) is 15.2. The summed E-state index contributed by atoms with van der Waals surface area (Å²) >= 11 is 0. The number of hydrogen-bond donors (Lipinski definition) is 1. The number of benzene rings is 1. The second kappa shape index (κ2) is 5.57. The van der Waals surface area contributed by atoms with Crippen LogP contribution < -0.4 is 4.72 Å². The van der Waals surface area contributed by atoms with Crippen LogP contribution in [0.15, 0.2) is 41.6 Å². The highest BCUT2D eigenvalue weighted by Crippen LogP contribution is 2.29. The van der Waals surface area contributed by atoms with E-state index in [4.69, 9.17) is 0 Å². The van der Waals surface area contributed by atoms with Gasteiger partial charge in [-0.1, -0.05) is 6.07 Å². The molecule has 1 aromatic carbocycles. The van der Waals surface area contributed by atoms with E-state index in [1.807, 2.05) is 0 Å². The van der Waals surface area contributed by atoms with Crippen LogP contribution in [0.3, 0.4) is 0 Å². The van der Waals surface area contributed by atoms with Gasteiger partial charge in [0.05, 0.1) is 16.0 Å². The molecule has 24 heavy (non-hydrogen) atoms. The fourth-order valence-electron chi connectivity index (χ4n) is 2.49. The highest BCUT2D eigenvalue weighted by Gasteiger charge is 2.25. The lowest BCUT2D eigenvalue weighted by molar-refractivity contribution is -0.386. The second-order valence-electron chi connectivity index (χ2n) is 5.15. The summed E-state index contributed by atoms with van der Waals surface area (Å²) in [7, 11) is -4.03. The lowest BCUT2D eigenvalue weighted by Gasteiger charge is -2.12. The fourth-order valence-corrected chi connectivity index (χ4v) is 3.78. The molecule has 0 spiro atoms. The molecule has 0 aliphatic carbocycles. The standard InChI is InChI=1S/C14H13N5O4S/c1-9-3-4-11(10(2)14(9)19(20)21)24(22,23)17-13-5-7-15-12-6-8-16-18(12)13/h3-8,17H,1-2H3. The quantitative estimate of drug-likeness (QED) is 0.570. The van der Waals surface area contributed by atoms with Crippen LogP contribution in [-0.4, -0.2) is 27.9 Å². The molecule has 3 aromatic rings. The van der Waals surface area contributed by atoms with Crippen LogP contribution in [-0.2, 0) is 10.0 Å². The molecule has 0 unspecified atom stereocenters. The molecular weight excluding hydrogens is 334 g/mol. The fraction of sp³-hybridized carbons (Fsp3) is 0.143. The molecular formula is C14H13N5O4S. The molecule has 0 radical (unpaired) electrons. The average Bonchev–Trinajstić information content (AvgIpc) is 2.95. The Labute approximate surface area is 137 Å². The first-order chi connectivity index (χ1) is 11.3. The molecule has 0 atom stereocenters. The summed E-state index contributed by atoms with van der Waals surface area (Å²) in [6.07, 6.45) is 2.93. The molecule has 0 fully saturated rings. The number of anilines is 1. The number of sulfonamides is 1. The van der Waals surface area contributed by atoms with Crippen molar-refractivity contribution < 1.29 is 13.3 Å². The van der Waals surface area contributed by atoms with Gasteiger partial charge in [-0.3, -0.25) is 14.8 Å². The van der Waals surface area contributed by atoms with Crippen LogP contribution in [0.25, 0.3) is 5.65 Å². The van der Waals surface area contributed by atoms with Crippen LogP contribution in [0.4, 0.5) is 11.5 Å². The number of hydrogen-bond acceptors (Lipinski definition) is 6. The summed E-state index contributed by atoms with van der Waals surface area (Å²) in [6, 6.07) is 5.84. The number of nitrogens with zero attached hydrogens (tertiary/aromatic N) is 4. The van der Waals surface area contributed by atoms with Gasteiger partial charge in [0, 0.05) is 23.4 Å². The van der Waals surface area contributed by atoms with Crippen LogP contribution in [0, 0.1) is 24.0 Å². The number of nitro groups is 1. The average molecular weight is 347 g/mol. The van der Waals surface area contributed by atoms with Gasteiger partial charge in [0.15, 0.2) is 5.65 Å². The van der Waals surface area contributed by atoms with Crippen molar-refractivity contribution in [2.24, 2.45) is 0 Å². The van der Waals surface area contributed by atoms with E-state index in [0.29, 0.717) is 11.2 Å². The third kappa shape index (κ3) is 2.56. The molecule has 3 rings (SSSR count). The van der Waals surface area contributed by atoms with Gasteiger partial charge in [0.2, 0.25) is 0 Å². The monoisotopic (exact) mass is 347 g/mol. The van der Waals surface area contributed by atoms with Crippen molar-refractivity contribution in [2.75, 3.05) is 4.72 Å². The zero-order chi connectivity index (χ0) is 17.5. The van der Waals surface area contributed by atoms with E-state index in [2.05, 4.69) is 14.8 Å². The highest BCUT2D eigenvalue weighted by molar-refractivity contribution is 7.92. The summed E-state index contributed by atoms with van der Waals surface area (Å²) in [5.41, 5.74) is 0.742. The normalized spacial score (nSPS) is 11.6. The Kier molecular flexibility index (Phi) is 3.68. The zero-order valence-corrected chi connectivity index (χ0v) is 13.6. The van der Waals surface area contributed by atoms with Crippen LogP contribution in [0.2, 0.25) is 0 Å². The minimum absolute atomic E-state index is 0.0817. The largest absolute Gasteiger partial charge is 0.276 e. The number of nitro benzene ring substituents is 1. The van der Waals surface area contributed by atoms with E-state index in [1.165, 1.54) is 42.0 Å². The van der Waals surface area contributed by atoms with Crippen molar-refractivity contribution >= 4 is 27.2 Å². The molecule has 0 saturated carbocycles. The van der Waals surface area contributed by atoms with E-state index < -0.39 is 14.9 Å². The van der Waals surface area contributed by atoms with Gasteiger partial charge >= 0.3 is 0 Å². The Morgan fingerprint density at radius 1 is 1.17 bits per heavy atom. The van der Waals surface area contributed by atoms with E-state index >= 15 is 0 Å². The summed E-state index contributed by atoms with van der Waals surface area (Å²) in [5.74, 6) is 0.188. The number of aromatic nitrogens is 3. The van der Waals surface area contributed by atoms with Gasteiger partial charge in [-0.05, 0) is 26.0 Å². The third-order valence-electron chi connectivity index (χ3n) is 3.58. The van der Waals surface area contributed by atoms with Gasteiger partial charge in [0.1, 0.15) is 5.82 Å². The Morgan fingerprint density at radius 2 is 1.92 bits per heavy atom. The second-order valence-corrected chi connectivity index (χ2v) is 6.80. The highest BCUT2D eigenvalue weighted by atomic mass is 32.2. The maximum absolute atomic E-state index is 12.7. The summed E-state index contributed by atoms with van der Waals surface area (Å²) in [6.45, 7) is 2.97. The first-order valence-corrected chi connectivity index (χ1v) is 8.36. The molecule has 1 N–H and O–H groups in total. The topological polar surface area (TPSA) is 120 Å². The Morgan fingerprint density at radius 3 is 2.62 bits per heavy atom. The van der Waals surface area contributed by atoms with Crippen LogP contribution in [0.1, 0.15) is 11.1 Å². The Hall–Kier alpha value is -3.01. The predicted molar refractivity (Wildman–Crippen MR) is 86.4 cm³/mol. The van der Waals surface area contributed by atoms with E-state index in [-0.39, 0.29) is 22.0 Å². The minimum atomic E-state index is -4.03. The molecule has 124 valence electrons. The molecule has 0 aliphatic rings. The number of fused-ring (bicyclic) bond motifs is 1. The predicted octanol–water partition coefficient (Wildman–Crippen LogP) is 2.06. The third-order valence-corrected chi connectivity index (χ3v) is 5.08. The van der Waals surface area contributed by atoms with Crippen molar-refractivity contribution in [3.63, 3.8) is 0 Å². The van der Waals surface area contributed by atoms with E-state index in [0.717, 1.165) is 0 Å². The van der Waals surface area contributed by atoms with Crippen molar-refractivity contribution in [3.05, 3.63) is 57.9 Å². The van der Waals surface area contributed by atoms with E-state index in [9.17, 15) is 18.5 Å². The summed E-state index contributed by atoms with van der Waals surface area (Å²) in [4.78, 5) is 14.5. The molecule has 0 amide bonds. The molecule has 10 heteroatoms. The first kappa shape index (κ1) is 15.9. The van der Waals surface area contributed by atoms with Gasteiger partial charge in [-0.2, -0.15) is 9.61 Å². The molecule has 2 aromatic heterocycles. The van der Waals surface area contributed by atoms with Crippen molar-refractivity contribution in [1.29, 1.82) is 0 Å². The Bertz CT molecular complexity index is 1060. The van der Waals surface area contributed by atoms with Gasteiger partial charge < -0.3 is 0 Å². The summed E-state index contributed by atoms with van der Waals surface area (Å²) < 4.78 is 29.1. The number of rotatable bonds is 4. The smallest absolute Gasteiger partial charge is 0.263 e. The number of nitrogens with one attached hydrogen (secondary N) is 1. The Balaban J connectivity index is 2.11. The zero-order valence-electron chi connectivity index (χ0n) is 12.8. The van der Waals surface area contributed by atoms with Gasteiger partial charge in [-0.25, -0.2) is 13.4 Å². The molecule has 0 aliphatic heterocycles. The number of aryl methyl sites for hydroxylation is 1. The molecule has 9 nitrogen and oxygen atoms in total. The molecule has 0 bridgehead atoms. The van der Waals surface area contributed by atoms with Crippen molar-refractivity contribution in [1.82, 2.24) is 14.6 Å². The van der Waals surface area contributed by atoms with E-state index in [1.54, 1.807) is 13.0 Å². The van der Waals surface area contributed by atoms with Gasteiger partial charge in [-0.15, -0.1) is 0 Å². The lowest BCUT2D eigenvalue weighted by atomic mass is 10.1. The van der Waals surface area contributed by atoms with Crippen LogP contribution in [0.5, 0.6) is 0 Å². The van der Waals surface area contributed by atoms with Crippen molar-refractivity contribution in [3.8, 4) is 0 Å². The van der Waals surface area contributed by atoms with Gasteiger partial charge in [0.25, 0.3) is 15.7 Å². The molecule has 0 saturated heterocycles. The van der Waals surface area contributed by atoms with Crippen molar-refractivity contribution in [2.45, 2.75) is 18.7 Å². The maximum Gasteiger partial charge on any atom is 0.276 e. The first-order valence-electron chi connectivity index (χ1n) is 6.87. The minimum Gasteiger partial charge on any atom is -0.263 e. The maximum atomic E-state index is 12.7. The SMILES string of the molecule is Cc1ccc(S(=O)(=O)Nc2ccnc3ccnn23)c(C)c1[N+](=O)[O-]. The van der Waals surface area contributed by atoms with Crippen LogP contribution >= 0.6 is 0 Å². The molecule has 2 heterocycles. The lowest BCUT2D eigenvalue weighted by Crippen LogP contribution is -2.17.